The van der Waals surface area contributed by atoms with Gasteiger partial charge in [-0.3, -0.25) is 14.0 Å². The van der Waals surface area contributed by atoms with Crippen LogP contribution in [-0.2, 0) is 6.54 Å². The highest BCUT2D eigenvalue weighted by molar-refractivity contribution is 7.17. The van der Waals surface area contributed by atoms with E-state index in [2.05, 4.69) is 10.3 Å². The van der Waals surface area contributed by atoms with Crippen molar-refractivity contribution in [2.45, 2.75) is 6.54 Å². The van der Waals surface area contributed by atoms with Gasteiger partial charge in [-0.2, -0.15) is 0 Å². The van der Waals surface area contributed by atoms with Gasteiger partial charge >= 0.3 is 0 Å². The monoisotopic (exact) mass is 341 g/mol. The lowest BCUT2D eigenvalue weighted by molar-refractivity contribution is 0.0949. The Hall–Kier alpha value is -2.51. The Balaban J connectivity index is 1.60. The second kappa shape index (κ2) is 5.60. The number of benzene rings is 1. The number of thiophene rings is 1. The summed E-state index contributed by atoms with van der Waals surface area (Å²) in [5.74, 6) is -0.404. The first-order chi connectivity index (χ1) is 11.2. The first-order valence-corrected chi connectivity index (χ1v) is 8.68. The van der Waals surface area contributed by atoms with Crippen LogP contribution in [0.2, 0.25) is 0 Å². The Bertz CT molecular complexity index is 1080. The molecule has 1 N–H and O–H groups in total. The number of rotatable bonds is 3. The van der Waals surface area contributed by atoms with E-state index in [0.29, 0.717) is 11.5 Å². The largest absolute Gasteiger partial charge is 0.348 e. The number of thiazole rings is 1. The molecule has 0 radical (unpaired) electrons. The second-order valence-electron chi connectivity index (χ2n) is 4.97. The number of carbonyl (C=O) groups excluding carboxylic acids is 1. The second-order valence-corrected chi connectivity index (χ2v) is 6.76. The van der Waals surface area contributed by atoms with Gasteiger partial charge in [-0.1, -0.05) is 18.2 Å². The van der Waals surface area contributed by atoms with Gasteiger partial charge in [0.1, 0.15) is 5.56 Å². The lowest BCUT2D eigenvalue weighted by Gasteiger charge is -2.04. The van der Waals surface area contributed by atoms with Gasteiger partial charge in [-0.05, 0) is 22.4 Å². The third-order valence-electron chi connectivity index (χ3n) is 3.59. The fourth-order valence-corrected chi connectivity index (χ4v) is 4.06. The van der Waals surface area contributed by atoms with Gasteiger partial charge in [0.2, 0.25) is 0 Å². The number of hydrogen-bond acceptors (Lipinski definition) is 5. The van der Waals surface area contributed by atoms with Crippen LogP contribution in [0.5, 0.6) is 0 Å². The minimum absolute atomic E-state index is 0.0560. The molecule has 1 amide bonds. The normalized spacial score (nSPS) is 11.1. The molecule has 0 saturated heterocycles. The maximum atomic E-state index is 12.3. The quantitative estimate of drug-likeness (QED) is 0.623. The molecule has 4 aromatic rings. The number of fused-ring (bicyclic) bond motifs is 2. The third kappa shape index (κ3) is 2.43. The van der Waals surface area contributed by atoms with Crippen molar-refractivity contribution in [2.24, 2.45) is 0 Å². The van der Waals surface area contributed by atoms with E-state index < -0.39 is 5.91 Å². The molecule has 114 valence electrons. The van der Waals surface area contributed by atoms with Crippen LogP contribution in [-0.4, -0.2) is 15.3 Å². The zero-order valence-corrected chi connectivity index (χ0v) is 13.5. The lowest BCUT2D eigenvalue weighted by Crippen LogP contribution is -2.30. The van der Waals surface area contributed by atoms with Gasteiger partial charge < -0.3 is 5.32 Å². The Morgan fingerprint density at radius 3 is 3.04 bits per heavy atom. The molecule has 0 aliphatic heterocycles. The van der Waals surface area contributed by atoms with Crippen molar-refractivity contribution in [1.29, 1.82) is 0 Å². The average molecular weight is 341 g/mol. The highest BCUT2D eigenvalue weighted by atomic mass is 32.1. The van der Waals surface area contributed by atoms with E-state index in [1.54, 1.807) is 22.9 Å². The first-order valence-electron chi connectivity index (χ1n) is 6.92. The molecule has 3 heterocycles. The molecule has 0 atom stereocenters. The molecule has 0 aliphatic rings. The van der Waals surface area contributed by atoms with Crippen LogP contribution < -0.4 is 10.9 Å². The number of nitrogens with zero attached hydrogens (tertiary/aromatic N) is 2. The highest BCUT2D eigenvalue weighted by Gasteiger charge is 2.14. The first kappa shape index (κ1) is 14.1. The van der Waals surface area contributed by atoms with E-state index in [-0.39, 0.29) is 11.1 Å². The smallest absolute Gasteiger partial charge is 0.271 e. The molecule has 23 heavy (non-hydrogen) atoms. The molecule has 1 aromatic carbocycles. The van der Waals surface area contributed by atoms with Gasteiger partial charge in [0.25, 0.3) is 11.5 Å². The van der Waals surface area contributed by atoms with Gasteiger partial charge in [0.15, 0.2) is 4.96 Å². The molecule has 0 spiro atoms. The van der Waals surface area contributed by atoms with E-state index in [9.17, 15) is 9.59 Å². The van der Waals surface area contributed by atoms with Crippen molar-refractivity contribution in [3.63, 3.8) is 0 Å². The molecule has 4 rings (SSSR count). The van der Waals surface area contributed by atoms with Crippen LogP contribution in [0, 0.1) is 0 Å². The van der Waals surface area contributed by atoms with Crippen molar-refractivity contribution in [3.05, 3.63) is 68.9 Å². The summed E-state index contributed by atoms with van der Waals surface area (Å²) in [6.07, 6.45) is 2.97. The number of hydrogen-bond donors (Lipinski definition) is 1. The molecular weight excluding hydrogens is 330 g/mol. The summed E-state index contributed by atoms with van der Waals surface area (Å²) in [6.45, 7) is 0.384. The predicted molar refractivity (Wildman–Crippen MR) is 92.3 cm³/mol. The van der Waals surface area contributed by atoms with Gasteiger partial charge in [0, 0.05) is 29.0 Å². The lowest BCUT2D eigenvalue weighted by atomic mass is 10.2. The third-order valence-corrected chi connectivity index (χ3v) is 5.37. The molecule has 0 bridgehead atoms. The van der Waals surface area contributed by atoms with Crippen LogP contribution in [0.1, 0.15) is 15.9 Å². The Labute approximate surface area is 138 Å². The minimum Gasteiger partial charge on any atom is -0.348 e. The zero-order chi connectivity index (χ0) is 15.8. The Kier molecular flexibility index (Phi) is 3.44. The van der Waals surface area contributed by atoms with Crippen molar-refractivity contribution < 1.29 is 4.79 Å². The molecule has 0 unspecified atom stereocenters. The summed E-state index contributed by atoms with van der Waals surface area (Å²) >= 11 is 3.00. The van der Waals surface area contributed by atoms with Crippen LogP contribution in [0.3, 0.4) is 0 Å². The van der Waals surface area contributed by atoms with Crippen LogP contribution in [0.15, 0.2) is 52.2 Å². The molecule has 5 nitrogen and oxygen atoms in total. The molecule has 0 saturated carbocycles. The van der Waals surface area contributed by atoms with Crippen molar-refractivity contribution in [2.75, 3.05) is 0 Å². The predicted octanol–water partition coefficient (Wildman–Crippen LogP) is 2.90. The highest BCUT2D eigenvalue weighted by Crippen LogP contribution is 2.25. The van der Waals surface area contributed by atoms with E-state index in [1.165, 1.54) is 26.6 Å². The summed E-state index contributed by atoms with van der Waals surface area (Å²) in [7, 11) is 0. The number of amides is 1. The van der Waals surface area contributed by atoms with E-state index in [4.69, 9.17) is 0 Å². The van der Waals surface area contributed by atoms with Crippen LogP contribution >= 0.6 is 22.7 Å². The molecular formula is C16H11N3O2S2. The molecule has 3 aromatic heterocycles. The maximum absolute atomic E-state index is 12.3. The summed E-state index contributed by atoms with van der Waals surface area (Å²) in [6, 6.07) is 8.04. The average Bonchev–Trinajstić information content (AvgIpc) is 3.20. The van der Waals surface area contributed by atoms with E-state index in [0.717, 1.165) is 10.9 Å². The number of nitrogens with one attached hydrogen (secondary N) is 1. The topological polar surface area (TPSA) is 63.5 Å². The maximum Gasteiger partial charge on any atom is 0.271 e. The minimum atomic E-state index is -0.404. The van der Waals surface area contributed by atoms with Gasteiger partial charge in [-0.25, -0.2) is 4.98 Å². The van der Waals surface area contributed by atoms with E-state index >= 15 is 0 Å². The van der Waals surface area contributed by atoms with Gasteiger partial charge in [-0.15, -0.1) is 22.7 Å². The van der Waals surface area contributed by atoms with E-state index in [1.807, 2.05) is 29.6 Å². The Morgan fingerprint density at radius 2 is 2.13 bits per heavy atom. The summed E-state index contributed by atoms with van der Waals surface area (Å²) in [4.78, 5) is 29.3. The van der Waals surface area contributed by atoms with Crippen LogP contribution in [0.4, 0.5) is 0 Å². The molecule has 0 aliphatic carbocycles. The molecule has 0 fully saturated rings. The SMILES string of the molecule is O=C(NCc1csc2ccccc12)c1cnc2sccn2c1=O. The fraction of sp³-hybridized carbons (Fsp3) is 0.0625. The Morgan fingerprint density at radius 1 is 1.26 bits per heavy atom. The fourth-order valence-electron chi connectivity index (χ4n) is 2.42. The van der Waals surface area contributed by atoms with Crippen molar-refractivity contribution in [1.82, 2.24) is 14.7 Å². The van der Waals surface area contributed by atoms with Crippen molar-refractivity contribution >= 4 is 43.6 Å². The number of aromatic nitrogens is 2. The summed E-state index contributed by atoms with van der Waals surface area (Å²) in [5.41, 5.74) is 0.757. The number of carbonyl (C=O) groups is 1. The molecule has 7 heteroatoms. The standard InChI is InChI=1S/C16H11N3O2S2/c20-14(12-8-18-16-19(15(12)21)5-6-22-16)17-7-10-9-23-13-4-2-1-3-11(10)13/h1-6,8-9H,7H2,(H,17,20). The van der Waals surface area contributed by atoms with Gasteiger partial charge in [0.05, 0.1) is 0 Å². The summed E-state index contributed by atoms with van der Waals surface area (Å²) in [5, 5.41) is 7.73. The van der Waals surface area contributed by atoms with Crippen molar-refractivity contribution in [3.8, 4) is 0 Å². The summed E-state index contributed by atoms with van der Waals surface area (Å²) < 4.78 is 2.57. The zero-order valence-electron chi connectivity index (χ0n) is 11.9. The van der Waals surface area contributed by atoms with Crippen LogP contribution in [0.25, 0.3) is 15.0 Å².